The fraction of sp³-hybridized carbons (Fsp3) is 0. The van der Waals surface area contributed by atoms with Gasteiger partial charge in [-0.3, -0.25) is 0 Å². The molecule has 294 valence electrons. The fourth-order valence-electron chi connectivity index (χ4n) is 8.81. The molecule has 0 N–H and O–H groups in total. The van der Waals surface area contributed by atoms with Gasteiger partial charge in [-0.15, -0.1) is 22.7 Å². The third-order valence-corrected chi connectivity index (χ3v) is 14.2. The third-order valence-electron chi connectivity index (χ3n) is 11.8. The van der Waals surface area contributed by atoms with Crippen molar-refractivity contribution in [3.63, 3.8) is 0 Å². The average molecular weight is 842 g/mol. The van der Waals surface area contributed by atoms with Crippen molar-refractivity contribution in [2.75, 3.05) is 0 Å². The Hall–Kier alpha value is -7.91. The fourth-order valence-corrected chi connectivity index (χ4v) is 11.2. The number of benzene rings is 8. The van der Waals surface area contributed by atoms with Crippen molar-refractivity contribution >= 4 is 85.1 Å². The molecule has 0 atom stereocenters. The number of furan rings is 1. The van der Waals surface area contributed by atoms with Crippen molar-refractivity contribution in [1.82, 2.24) is 24.9 Å². The molecule has 8 aromatic carbocycles. The van der Waals surface area contributed by atoms with Crippen molar-refractivity contribution in [2.45, 2.75) is 0 Å². The second-order valence-electron chi connectivity index (χ2n) is 15.6. The maximum atomic E-state index is 6.59. The van der Waals surface area contributed by atoms with Crippen molar-refractivity contribution in [1.29, 1.82) is 0 Å². The van der Waals surface area contributed by atoms with Gasteiger partial charge in [0, 0.05) is 68.8 Å². The van der Waals surface area contributed by atoms with Crippen LogP contribution in [0.3, 0.4) is 0 Å². The first-order chi connectivity index (χ1) is 31.2. The van der Waals surface area contributed by atoms with Gasteiger partial charge in [-0.2, -0.15) is 0 Å². The Labute approximate surface area is 368 Å². The van der Waals surface area contributed by atoms with E-state index in [9.17, 15) is 0 Å². The van der Waals surface area contributed by atoms with E-state index < -0.39 is 0 Å². The van der Waals surface area contributed by atoms with E-state index in [4.69, 9.17) is 29.3 Å². The largest absolute Gasteiger partial charge is 0.456 e. The smallest absolute Gasteiger partial charge is 0.164 e. The second kappa shape index (κ2) is 14.3. The Kier molecular flexibility index (Phi) is 8.15. The summed E-state index contributed by atoms with van der Waals surface area (Å²) in [6.45, 7) is 0. The maximum absolute atomic E-state index is 6.59. The lowest BCUT2D eigenvalue weighted by molar-refractivity contribution is 0.669. The normalized spacial score (nSPS) is 11.8. The van der Waals surface area contributed by atoms with Crippen LogP contribution in [0, 0.1) is 0 Å². The molecule has 63 heavy (non-hydrogen) atoms. The molecule has 8 heteroatoms. The van der Waals surface area contributed by atoms with Gasteiger partial charge in [-0.05, 0) is 53.6 Å². The molecule has 0 saturated carbocycles. The summed E-state index contributed by atoms with van der Waals surface area (Å²) in [5.41, 5.74) is 10.3. The minimum absolute atomic E-state index is 0.565. The van der Waals surface area contributed by atoms with E-state index in [1.165, 1.54) is 30.4 Å². The number of hydrogen-bond acceptors (Lipinski definition) is 8. The van der Waals surface area contributed by atoms with E-state index in [2.05, 4.69) is 127 Å². The number of rotatable bonds is 6. The summed E-state index contributed by atoms with van der Waals surface area (Å²) in [7, 11) is 0. The number of thiophene rings is 2. The van der Waals surface area contributed by atoms with Gasteiger partial charge in [0.05, 0.1) is 15.9 Å². The summed E-state index contributed by atoms with van der Waals surface area (Å²) in [5.74, 6) is 2.45. The van der Waals surface area contributed by atoms with Gasteiger partial charge >= 0.3 is 0 Å². The molecule has 0 spiro atoms. The maximum Gasteiger partial charge on any atom is 0.164 e. The van der Waals surface area contributed by atoms with Gasteiger partial charge in [0.1, 0.15) is 11.2 Å². The summed E-state index contributed by atoms with van der Waals surface area (Å²) < 4.78 is 11.3. The molecular formula is C55H31N5OS2. The molecule has 0 unspecified atom stereocenters. The number of fused-ring (bicyclic) bond motifs is 9. The van der Waals surface area contributed by atoms with Crippen molar-refractivity contribution in [2.24, 2.45) is 0 Å². The summed E-state index contributed by atoms with van der Waals surface area (Å²) in [5, 5.41) is 5.55. The predicted octanol–water partition coefficient (Wildman–Crippen LogP) is 15.3. The lowest BCUT2D eigenvalue weighted by atomic mass is 10.0. The molecule has 13 aromatic rings. The molecule has 0 saturated heterocycles. The quantitative estimate of drug-likeness (QED) is 0.166. The average Bonchev–Trinajstić information content (AvgIpc) is 4.05. The van der Waals surface area contributed by atoms with Crippen molar-refractivity contribution < 1.29 is 4.42 Å². The van der Waals surface area contributed by atoms with Crippen LogP contribution in [0.1, 0.15) is 0 Å². The Morgan fingerprint density at radius 1 is 0.333 bits per heavy atom. The van der Waals surface area contributed by atoms with Crippen LogP contribution < -0.4 is 0 Å². The van der Waals surface area contributed by atoms with Crippen LogP contribution in [0.5, 0.6) is 0 Å². The molecular weight excluding hydrogens is 811 g/mol. The molecule has 13 rings (SSSR count). The molecule has 0 amide bonds. The highest BCUT2D eigenvalue weighted by atomic mass is 32.1. The van der Waals surface area contributed by atoms with Gasteiger partial charge in [-0.1, -0.05) is 146 Å². The number of aromatic nitrogens is 5. The molecule has 0 fully saturated rings. The van der Waals surface area contributed by atoms with Gasteiger partial charge in [0.25, 0.3) is 0 Å². The zero-order chi connectivity index (χ0) is 41.4. The molecule has 5 heterocycles. The second-order valence-corrected chi connectivity index (χ2v) is 17.7. The zero-order valence-electron chi connectivity index (χ0n) is 33.4. The first-order valence-corrected chi connectivity index (χ1v) is 22.4. The van der Waals surface area contributed by atoms with Gasteiger partial charge < -0.3 is 4.42 Å². The predicted molar refractivity (Wildman–Crippen MR) is 261 cm³/mol. The monoisotopic (exact) mass is 841 g/mol. The van der Waals surface area contributed by atoms with Crippen molar-refractivity contribution in [3.05, 3.63) is 188 Å². The molecule has 0 aliphatic heterocycles. The molecule has 0 bridgehead atoms. The highest BCUT2D eigenvalue weighted by Crippen LogP contribution is 2.44. The number of hydrogen-bond donors (Lipinski definition) is 0. The minimum atomic E-state index is 0.565. The van der Waals surface area contributed by atoms with E-state index in [1.54, 1.807) is 11.3 Å². The molecule has 0 radical (unpaired) electrons. The lowest BCUT2D eigenvalue weighted by Gasteiger charge is -2.11. The molecule has 0 aliphatic carbocycles. The first kappa shape index (κ1) is 35.8. The molecule has 5 aromatic heterocycles. The van der Waals surface area contributed by atoms with Gasteiger partial charge in [0.2, 0.25) is 0 Å². The Morgan fingerprint density at radius 2 is 0.921 bits per heavy atom. The number of nitrogens with zero attached hydrogens (tertiary/aromatic N) is 5. The topological polar surface area (TPSA) is 77.6 Å². The van der Waals surface area contributed by atoms with E-state index in [-0.39, 0.29) is 0 Å². The van der Waals surface area contributed by atoms with E-state index in [0.717, 1.165) is 76.6 Å². The third kappa shape index (κ3) is 5.95. The van der Waals surface area contributed by atoms with Gasteiger partial charge in [-0.25, -0.2) is 24.9 Å². The van der Waals surface area contributed by atoms with Crippen LogP contribution in [-0.4, -0.2) is 24.9 Å². The van der Waals surface area contributed by atoms with E-state index in [0.29, 0.717) is 23.3 Å². The Morgan fingerprint density at radius 3 is 1.73 bits per heavy atom. The van der Waals surface area contributed by atoms with Crippen molar-refractivity contribution in [3.8, 4) is 67.9 Å². The Bertz CT molecular complexity index is 3930. The Balaban J connectivity index is 0.999. The molecule has 0 aliphatic rings. The SMILES string of the molecule is c1ccc(-c2nc(-c3cccc(-c4cccc5c4sc4ccccc45)c3)nc(-c3cccc4oc5ccc(-c6nc(-c7ccccc7)nc7c6sc6ccccc67)cc5c34)n2)cc1. The van der Waals surface area contributed by atoms with Gasteiger partial charge in [0.15, 0.2) is 23.3 Å². The van der Waals surface area contributed by atoms with Crippen LogP contribution in [0.15, 0.2) is 192 Å². The zero-order valence-corrected chi connectivity index (χ0v) is 35.0. The molecule has 6 nitrogen and oxygen atoms in total. The summed E-state index contributed by atoms with van der Waals surface area (Å²) in [6.07, 6.45) is 0. The van der Waals surface area contributed by atoms with Crippen LogP contribution in [-0.2, 0) is 0 Å². The first-order valence-electron chi connectivity index (χ1n) is 20.7. The van der Waals surface area contributed by atoms with Crippen LogP contribution in [0.4, 0.5) is 0 Å². The lowest BCUT2D eigenvalue weighted by Crippen LogP contribution is -2.00. The summed E-state index contributed by atoms with van der Waals surface area (Å²) >= 11 is 3.55. The highest BCUT2D eigenvalue weighted by Gasteiger charge is 2.21. The summed E-state index contributed by atoms with van der Waals surface area (Å²) in [6, 6.07) is 65.0. The minimum Gasteiger partial charge on any atom is -0.456 e. The van der Waals surface area contributed by atoms with Crippen LogP contribution >= 0.6 is 22.7 Å². The van der Waals surface area contributed by atoms with Crippen LogP contribution in [0.25, 0.3) is 130 Å². The van der Waals surface area contributed by atoms with E-state index >= 15 is 0 Å². The highest BCUT2D eigenvalue weighted by molar-refractivity contribution is 7.26. The summed E-state index contributed by atoms with van der Waals surface area (Å²) in [4.78, 5) is 26.0. The standard InChI is InChI=1S/C55H31N5OS2/c1-3-14-32(15-4-1)52-56-48(51-49(57-52)40-21-8-10-27-46(40)63-51)35-28-29-43-42(31-35)47-41(24-13-25-44(47)61-43)55-59-53(33-16-5-2-6-17-33)58-54(60-55)36-19-11-18-34(30-36)37-22-12-23-39-38-20-7-9-26-45(38)62-50(37)39/h1-31H. The van der Waals surface area contributed by atoms with Crippen LogP contribution in [0.2, 0.25) is 0 Å². The van der Waals surface area contributed by atoms with E-state index in [1.807, 2.05) is 72.0 Å².